The van der Waals surface area contributed by atoms with Gasteiger partial charge in [0, 0.05) is 12.7 Å². The Balaban J connectivity index is 2.05. The number of aliphatic imine (C=N–C) groups is 1. The molecule has 0 aromatic carbocycles. The van der Waals surface area contributed by atoms with Gasteiger partial charge in [-0.15, -0.1) is 0 Å². The van der Waals surface area contributed by atoms with Crippen LogP contribution < -0.4 is 11.1 Å². The van der Waals surface area contributed by atoms with Crippen LogP contribution in [0.3, 0.4) is 0 Å². The van der Waals surface area contributed by atoms with E-state index in [0.717, 1.165) is 12.1 Å². The molecule has 0 saturated heterocycles. The van der Waals surface area contributed by atoms with Crippen LogP contribution in [-0.4, -0.2) is 18.0 Å². The molecule has 1 heterocycles. The zero-order valence-electron chi connectivity index (χ0n) is 9.66. The van der Waals surface area contributed by atoms with E-state index < -0.39 is 0 Å². The third-order valence-corrected chi connectivity index (χ3v) is 2.93. The largest absolute Gasteiger partial charge is 0.370 e. The van der Waals surface area contributed by atoms with Gasteiger partial charge in [-0.25, -0.2) is 0 Å². The fourth-order valence-electron chi connectivity index (χ4n) is 1.99. The Morgan fingerprint density at radius 1 is 1.44 bits per heavy atom. The fraction of sp³-hybridized carbons (Fsp3) is 0.500. The van der Waals surface area contributed by atoms with Gasteiger partial charge >= 0.3 is 0 Å². The lowest BCUT2D eigenvalue weighted by Gasteiger charge is -2.15. The van der Waals surface area contributed by atoms with Gasteiger partial charge in [-0.3, -0.25) is 9.98 Å². The number of pyridine rings is 1. The van der Waals surface area contributed by atoms with Crippen LogP contribution in [0.1, 0.15) is 29.8 Å². The lowest BCUT2D eigenvalue weighted by Crippen LogP contribution is -2.31. The van der Waals surface area contributed by atoms with Gasteiger partial charge in [-0.1, -0.05) is 6.07 Å². The van der Waals surface area contributed by atoms with Crippen molar-refractivity contribution < 1.29 is 0 Å². The van der Waals surface area contributed by atoms with Gasteiger partial charge in [0.15, 0.2) is 5.96 Å². The van der Waals surface area contributed by atoms with Gasteiger partial charge in [0.1, 0.15) is 0 Å². The minimum atomic E-state index is 0.458. The van der Waals surface area contributed by atoms with E-state index >= 15 is 0 Å². The monoisotopic (exact) mass is 218 g/mol. The molecule has 3 N–H and O–H groups in total. The number of hydrogen-bond acceptors (Lipinski definition) is 2. The van der Waals surface area contributed by atoms with Crippen LogP contribution in [0, 0.1) is 0 Å². The van der Waals surface area contributed by atoms with Crippen molar-refractivity contribution in [3.05, 3.63) is 29.1 Å². The van der Waals surface area contributed by atoms with E-state index in [9.17, 15) is 0 Å². The van der Waals surface area contributed by atoms with Gasteiger partial charge in [0.25, 0.3) is 0 Å². The van der Waals surface area contributed by atoms with Gasteiger partial charge in [0.05, 0.1) is 12.2 Å². The summed E-state index contributed by atoms with van der Waals surface area (Å²) in [6.45, 7) is 0.649. The summed E-state index contributed by atoms with van der Waals surface area (Å²) in [5, 5.41) is 3.02. The van der Waals surface area contributed by atoms with Crippen LogP contribution in [0.5, 0.6) is 0 Å². The topological polar surface area (TPSA) is 63.3 Å². The molecular weight excluding hydrogens is 200 g/mol. The van der Waals surface area contributed by atoms with E-state index in [1.807, 2.05) is 0 Å². The molecule has 1 aromatic rings. The van der Waals surface area contributed by atoms with E-state index in [1.165, 1.54) is 30.5 Å². The summed E-state index contributed by atoms with van der Waals surface area (Å²) >= 11 is 0. The van der Waals surface area contributed by atoms with Crippen molar-refractivity contribution in [3.8, 4) is 0 Å². The number of nitrogens with two attached hydrogens (primary N) is 1. The lowest BCUT2D eigenvalue weighted by molar-refractivity contribution is 0.661. The summed E-state index contributed by atoms with van der Waals surface area (Å²) in [5.41, 5.74) is 9.28. The summed E-state index contributed by atoms with van der Waals surface area (Å²) in [4.78, 5) is 8.49. The second kappa shape index (κ2) is 4.96. The van der Waals surface area contributed by atoms with Crippen molar-refractivity contribution in [1.29, 1.82) is 0 Å². The van der Waals surface area contributed by atoms with Gasteiger partial charge in [-0.2, -0.15) is 0 Å². The Kier molecular flexibility index (Phi) is 3.39. The molecule has 0 fully saturated rings. The fourth-order valence-corrected chi connectivity index (χ4v) is 1.99. The number of hydrogen-bond donors (Lipinski definition) is 2. The number of aromatic nitrogens is 1. The minimum Gasteiger partial charge on any atom is -0.370 e. The summed E-state index contributed by atoms with van der Waals surface area (Å²) in [6, 6.07) is 4.26. The highest BCUT2D eigenvalue weighted by Gasteiger charge is 2.10. The predicted molar refractivity (Wildman–Crippen MR) is 65.3 cm³/mol. The first kappa shape index (κ1) is 10.9. The average Bonchev–Trinajstić information content (AvgIpc) is 2.35. The highest BCUT2D eigenvalue weighted by molar-refractivity contribution is 5.77. The Morgan fingerprint density at radius 2 is 2.25 bits per heavy atom. The number of nitrogens with one attached hydrogen (secondary N) is 1. The van der Waals surface area contributed by atoms with Gasteiger partial charge in [0.2, 0.25) is 0 Å². The Bertz CT molecular complexity index is 398. The molecule has 1 aromatic heterocycles. The first-order valence-electron chi connectivity index (χ1n) is 5.73. The predicted octanol–water partition coefficient (Wildman–Crippen LogP) is 0.994. The second-order valence-electron chi connectivity index (χ2n) is 4.08. The highest BCUT2D eigenvalue weighted by Crippen LogP contribution is 2.19. The molecule has 0 amide bonds. The number of aryl methyl sites for hydroxylation is 2. The summed E-state index contributed by atoms with van der Waals surface area (Å²) in [6.07, 6.45) is 4.84. The third kappa shape index (κ3) is 2.51. The van der Waals surface area contributed by atoms with Crippen molar-refractivity contribution in [2.45, 2.75) is 32.2 Å². The van der Waals surface area contributed by atoms with Crippen molar-refractivity contribution in [1.82, 2.24) is 10.3 Å². The Hall–Kier alpha value is -1.58. The number of rotatable bonds is 2. The molecule has 0 spiro atoms. The molecule has 0 saturated carbocycles. The maximum atomic E-state index is 5.57. The molecule has 1 aliphatic carbocycles. The van der Waals surface area contributed by atoms with Crippen molar-refractivity contribution in [2.24, 2.45) is 10.7 Å². The second-order valence-corrected chi connectivity index (χ2v) is 4.08. The zero-order chi connectivity index (χ0) is 11.4. The summed E-state index contributed by atoms with van der Waals surface area (Å²) < 4.78 is 0. The van der Waals surface area contributed by atoms with E-state index in [1.54, 1.807) is 7.05 Å². The SMILES string of the molecule is CN=C(N)NCc1ccc2c(n1)CCCC2. The van der Waals surface area contributed by atoms with Gasteiger partial charge < -0.3 is 11.1 Å². The molecule has 4 nitrogen and oxygen atoms in total. The van der Waals surface area contributed by atoms with E-state index in [4.69, 9.17) is 5.73 Å². The molecule has 0 radical (unpaired) electrons. The molecule has 0 aliphatic heterocycles. The molecule has 2 rings (SSSR count). The van der Waals surface area contributed by atoms with E-state index in [2.05, 4.69) is 27.4 Å². The smallest absolute Gasteiger partial charge is 0.188 e. The molecule has 16 heavy (non-hydrogen) atoms. The molecule has 0 atom stereocenters. The third-order valence-electron chi connectivity index (χ3n) is 2.93. The normalized spacial score (nSPS) is 15.7. The first-order chi connectivity index (χ1) is 7.79. The Morgan fingerprint density at radius 3 is 3.06 bits per heavy atom. The van der Waals surface area contributed by atoms with E-state index in [-0.39, 0.29) is 0 Å². The lowest BCUT2D eigenvalue weighted by atomic mass is 9.96. The van der Waals surface area contributed by atoms with Crippen LogP contribution in [-0.2, 0) is 19.4 Å². The number of fused-ring (bicyclic) bond motifs is 1. The van der Waals surface area contributed by atoms with E-state index in [0.29, 0.717) is 12.5 Å². The summed E-state index contributed by atoms with van der Waals surface area (Å²) in [5.74, 6) is 0.458. The van der Waals surface area contributed by atoms with Crippen molar-refractivity contribution in [2.75, 3.05) is 7.05 Å². The molecular formula is C12H18N4. The first-order valence-corrected chi connectivity index (χ1v) is 5.73. The molecule has 1 aliphatic rings. The number of nitrogens with zero attached hydrogens (tertiary/aromatic N) is 2. The van der Waals surface area contributed by atoms with Crippen LogP contribution >= 0.6 is 0 Å². The quantitative estimate of drug-likeness (QED) is 0.575. The maximum Gasteiger partial charge on any atom is 0.188 e. The number of guanidine groups is 1. The van der Waals surface area contributed by atoms with Crippen LogP contribution in [0.25, 0.3) is 0 Å². The standard InChI is InChI=1S/C12H18N4/c1-14-12(13)15-8-10-7-6-9-4-2-3-5-11(9)16-10/h6-7H,2-5,8H2,1H3,(H3,13,14,15). The molecule has 4 heteroatoms. The minimum absolute atomic E-state index is 0.458. The van der Waals surface area contributed by atoms with Crippen LogP contribution in [0.2, 0.25) is 0 Å². The van der Waals surface area contributed by atoms with Gasteiger partial charge in [-0.05, 0) is 37.3 Å². The highest BCUT2D eigenvalue weighted by atomic mass is 15.1. The maximum absolute atomic E-state index is 5.57. The van der Waals surface area contributed by atoms with Crippen molar-refractivity contribution in [3.63, 3.8) is 0 Å². The molecule has 0 bridgehead atoms. The average molecular weight is 218 g/mol. The zero-order valence-corrected chi connectivity index (χ0v) is 9.66. The van der Waals surface area contributed by atoms with Crippen LogP contribution in [0.4, 0.5) is 0 Å². The van der Waals surface area contributed by atoms with Crippen LogP contribution in [0.15, 0.2) is 17.1 Å². The Labute approximate surface area is 96.0 Å². The van der Waals surface area contributed by atoms with Crippen molar-refractivity contribution >= 4 is 5.96 Å². The summed E-state index contributed by atoms with van der Waals surface area (Å²) in [7, 11) is 1.67. The molecule has 0 unspecified atom stereocenters. The molecule has 86 valence electrons.